The Morgan fingerprint density at radius 3 is 2.81 bits per heavy atom. The van der Waals surface area contributed by atoms with Gasteiger partial charge in [0.1, 0.15) is 5.56 Å². The molecule has 1 amide bonds. The van der Waals surface area contributed by atoms with Crippen molar-refractivity contribution in [1.82, 2.24) is 19.7 Å². The van der Waals surface area contributed by atoms with Gasteiger partial charge in [-0.3, -0.25) is 14.3 Å². The number of rotatable bonds is 2. The number of aryl methyl sites for hydroxylation is 1. The normalized spacial score (nSPS) is 18.2. The first-order valence-corrected chi connectivity index (χ1v) is 8.77. The first-order valence-electron chi connectivity index (χ1n) is 7.98. The zero-order chi connectivity index (χ0) is 19.1. The summed E-state index contributed by atoms with van der Waals surface area (Å²) in [5, 5.41) is 3.59. The van der Waals surface area contributed by atoms with Gasteiger partial charge in [0.2, 0.25) is 0 Å². The van der Waals surface area contributed by atoms with E-state index in [0.29, 0.717) is 29.6 Å². The van der Waals surface area contributed by atoms with E-state index in [1.54, 1.807) is 6.92 Å². The molecule has 0 saturated carbocycles. The number of halogens is 4. The predicted octanol–water partition coefficient (Wildman–Crippen LogP) is 3.14. The van der Waals surface area contributed by atoms with Gasteiger partial charge in [0.25, 0.3) is 11.5 Å². The molecule has 140 valence electrons. The third-order valence-electron chi connectivity index (χ3n) is 4.36. The fourth-order valence-corrected chi connectivity index (χ4v) is 3.30. The summed E-state index contributed by atoms with van der Waals surface area (Å²) < 4.78 is 40.0. The fraction of sp³-hybridized carbons (Fsp3) is 0.438. The van der Waals surface area contributed by atoms with Crippen molar-refractivity contribution in [3.05, 3.63) is 50.1 Å². The minimum atomic E-state index is -4.50. The van der Waals surface area contributed by atoms with Gasteiger partial charge in [-0.25, -0.2) is 0 Å². The van der Waals surface area contributed by atoms with Crippen LogP contribution in [0.1, 0.15) is 40.6 Å². The number of nitrogens with one attached hydrogen (secondary N) is 1. The maximum atomic E-state index is 12.7. The number of piperidine rings is 1. The average Bonchev–Trinajstić information content (AvgIpc) is 3.08. The van der Waals surface area contributed by atoms with Gasteiger partial charge in [0.15, 0.2) is 5.69 Å². The molecule has 1 unspecified atom stereocenters. The second-order valence-corrected chi connectivity index (χ2v) is 7.07. The Morgan fingerprint density at radius 2 is 2.15 bits per heavy atom. The van der Waals surface area contributed by atoms with Crippen LogP contribution in [-0.4, -0.2) is 38.7 Å². The highest BCUT2D eigenvalue weighted by molar-refractivity contribution is 9.10. The predicted molar refractivity (Wildman–Crippen MR) is 90.9 cm³/mol. The molecule has 2 aromatic rings. The van der Waals surface area contributed by atoms with Crippen molar-refractivity contribution in [2.45, 2.75) is 32.0 Å². The van der Waals surface area contributed by atoms with E-state index in [1.165, 1.54) is 21.8 Å². The third-order valence-corrected chi connectivity index (χ3v) is 5.19. The van der Waals surface area contributed by atoms with Crippen molar-refractivity contribution >= 4 is 21.8 Å². The average molecular weight is 433 g/mol. The lowest BCUT2D eigenvalue weighted by Gasteiger charge is -2.32. The van der Waals surface area contributed by atoms with Crippen LogP contribution < -0.4 is 5.56 Å². The van der Waals surface area contributed by atoms with Gasteiger partial charge >= 0.3 is 6.18 Å². The first kappa shape index (κ1) is 18.7. The number of nitrogens with zero attached hydrogens (tertiary/aromatic N) is 3. The molecule has 1 saturated heterocycles. The SMILES string of the molecule is Cc1[nH]c(=O)c(C(=O)N2CCCC(n3ccc(C(F)(F)F)n3)C2)cc1Br. The smallest absolute Gasteiger partial charge is 0.336 e. The van der Waals surface area contributed by atoms with Crippen LogP contribution in [0, 0.1) is 6.92 Å². The summed E-state index contributed by atoms with van der Waals surface area (Å²) in [6, 6.07) is 2.02. The van der Waals surface area contributed by atoms with Crippen LogP contribution in [0.5, 0.6) is 0 Å². The lowest BCUT2D eigenvalue weighted by molar-refractivity contribution is -0.141. The molecule has 3 rings (SSSR count). The van der Waals surface area contributed by atoms with E-state index < -0.39 is 23.3 Å². The Hall–Kier alpha value is -2.10. The van der Waals surface area contributed by atoms with Crippen LogP contribution in [0.25, 0.3) is 0 Å². The van der Waals surface area contributed by atoms with Gasteiger partial charge < -0.3 is 9.88 Å². The Bertz CT molecular complexity index is 890. The lowest BCUT2D eigenvalue weighted by atomic mass is 10.0. The fourth-order valence-electron chi connectivity index (χ4n) is 2.97. The van der Waals surface area contributed by atoms with Crippen molar-refractivity contribution in [3.63, 3.8) is 0 Å². The molecule has 10 heteroatoms. The number of likely N-dealkylation sites (tertiary alicyclic amines) is 1. The first-order chi connectivity index (χ1) is 12.2. The van der Waals surface area contributed by atoms with E-state index in [1.807, 2.05) is 0 Å². The van der Waals surface area contributed by atoms with Crippen molar-refractivity contribution in [3.8, 4) is 0 Å². The zero-order valence-corrected chi connectivity index (χ0v) is 15.4. The molecule has 0 spiro atoms. The summed E-state index contributed by atoms with van der Waals surface area (Å²) in [7, 11) is 0. The number of amides is 1. The summed E-state index contributed by atoms with van der Waals surface area (Å²) >= 11 is 3.28. The number of carbonyl (C=O) groups is 1. The molecule has 0 radical (unpaired) electrons. The highest BCUT2D eigenvalue weighted by Gasteiger charge is 2.35. The maximum absolute atomic E-state index is 12.7. The Labute approximate surface area is 155 Å². The van der Waals surface area contributed by atoms with E-state index in [-0.39, 0.29) is 18.2 Å². The molecule has 2 aromatic heterocycles. The largest absolute Gasteiger partial charge is 0.435 e. The van der Waals surface area contributed by atoms with Gasteiger partial charge in [-0.05, 0) is 47.8 Å². The third kappa shape index (κ3) is 3.69. The molecule has 3 heterocycles. The molecule has 1 aliphatic rings. The van der Waals surface area contributed by atoms with Crippen molar-refractivity contribution in [1.29, 1.82) is 0 Å². The quantitative estimate of drug-likeness (QED) is 0.792. The van der Waals surface area contributed by atoms with Crippen LogP contribution in [0.4, 0.5) is 13.2 Å². The second-order valence-electron chi connectivity index (χ2n) is 6.21. The van der Waals surface area contributed by atoms with E-state index >= 15 is 0 Å². The van der Waals surface area contributed by atoms with Gasteiger partial charge in [0.05, 0.1) is 6.04 Å². The molecule has 6 nitrogen and oxygen atoms in total. The number of aromatic nitrogens is 3. The molecule has 0 aromatic carbocycles. The number of H-pyrrole nitrogens is 1. The monoisotopic (exact) mass is 432 g/mol. The van der Waals surface area contributed by atoms with Crippen molar-refractivity contribution in [2.24, 2.45) is 0 Å². The Balaban J connectivity index is 1.80. The van der Waals surface area contributed by atoms with E-state index in [4.69, 9.17) is 0 Å². The van der Waals surface area contributed by atoms with E-state index in [0.717, 1.165) is 6.07 Å². The van der Waals surface area contributed by atoms with Crippen molar-refractivity contribution < 1.29 is 18.0 Å². The number of hydrogen-bond donors (Lipinski definition) is 1. The van der Waals surface area contributed by atoms with E-state index in [9.17, 15) is 22.8 Å². The summed E-state index contributed by atoms with van der Waals surface area (Å²) in [4.78, 5) is 28.9. The highest BCUT2D eigenvalue weighted by Crippen LogP contribution is 2.29. The Kier molecular flexibility index (Phi) is 4.96. The second kappa shape index (κ2) is 6.90. The van der Waals surface area contributed by atoms with Gasteiger partial charge in [-0.2, -0.15) is 18.3 Å². The van der Waals surface area contributed by atoms with E-state index in [2.05, 4.69) is 26.0 Å². The molecule has 0 aliphatic carbocycles. The van der Waals surface area contributed by atoms with Gasteiger partial charge in [0, 0.05) is 29.5 Å². The molecular formula is C16H16BrF3N4O2. The molecule has 1 fully saturated rings. The summed E-state index contributed by atoms with van der Waals surface area (Å²) in [6.07, 6.45) is -2.01. The summed E-state index contributed by atoms with van der Waals surface area (Å²) in [5.74, 6) is -0.445. The van der Waals surface area contributed by atoms with Crippen LogP contribution in [0.15, 0.2) is 27.6 Å². The molecular weight excluding hydrogens is 417 g/mol. The molecule has 26 heavy (non-hydrogen) atoms. The maximum Gasteiger partial charge on any atom is 0.435 e. The number of pyridine rings is 1. The Morgan fingerprint density at radius 1 is 1.42 bits per heavy atom. The minimum absolute atomic E-state index is 0.000397. The number of alkyl halides is 3. The lowest BCUT2D eigenvalue weighted by Crippen LogP contribution is -2.42. The van der Waals surface area contributed by atoms with Crippen LogP contribution >= 0.6 is 15.9 Å². The number of aromatic amines is 1. The summed E-state index contributed by atoms with van der Waals surface area (Å²) in [5.41, 5.74) is -0.838. The minimum Gasteiger partial charge on any atom is -0.336 e. The number of carbonyl (C=O) groups excluding carboxylic acids is 1. The standard InChI is InChI=1S/C16H16BrF3N4O2/c1-9-12(17)7-11(14(25)21-9)15(26)23-5-2-3-10(8-23)24-6-4-13(22-24)16(18,19)20/h4,6-7,10H,2-3,5,8H2,1H3,(H,21,25). The highest BCUT2D eigenvalue weighted by atomic mass is 79.9. The zero-order valence-electron chi connectivity index (χ0n) is 13.8. The number of hydrogen-bond acceptors (Lipinski definition) is 3. The van der Waals surface area contributed by atoms with Gasteiger partial charge in [-0.15, -0.1) is 0 Å². The van der Waals surface area contributed by atoms with Crippen LogP contribution in [-0.2, 0) is 6.18 Å². The van der Waals surface area contributed by atoms with Crippen LogP contribution in [0.3, 0.4) is 0 Å². The van der Waals surface area contributed by atoms with Gasteiger partial charge in [-0.1, -0.05) is 0 Å². The summed E-state index contributed by atoms with van der Waals surface area (Å²) in [6.45, 7) is 2.34. The molecule has 1 N–H and O–H groups in total. The molecule has 1 aliphatic heterocycles. The van der Waals surface area contributed by atoms with Crippen molar-refractivity contribution in [2.75, 3.05) is 13.1 Å². The van der Waals surface area contributed by atoms with Crippen LogP contribution in [0.2, 0.25) is 0 Å². The molecule has 0 bridgehead atoms. The molecule has 1 atom stereocenters. The topological polar surface area (TPSA) is 71.0 Å².